The number of nitrogens with zero attached hydrogens (tertiary/aromatic N) is 3. The predicted octanol–water partition coefficient (Wildman–Crippen LogP) is 16.8. The van der Waals surface area contributed by atoms with Crippen molar-refractivity contribution in [3.05, 3.63) is 190 Å². The van der Waals surface area contributed by atoms with Crippen LogP contribution in [0.3, 0.4) is 0 Å². The number of halogens is 6. The normalized spacial score (nSPS) is 18.7. The monoisotopic (exact) mass is 1030 g/mol. The molecule has 0 bridgehead atoms. The van der Waals surface area contributed by atoms with Crippen LogP contribution in [0.4, 0.5) is 47.9 Å². The molecule has 0 aromatic heterocycles. The Balaban J connectivity index is 0.00000116. The third-order valence-corrected chi connectivity index (χ3v) is 13.2. The van der Waals surface area contributed by atoms with Crippen molar-refractivity contribution >= 4 is 48.2 Å². The number of benzene rings is 4. The molecule has 1 fully saturated rings. The first-order chi connectivity index (χ1) is 34.0. The van der Waals surface area contributed by atoms with Crippen LogP contribution in [0.5, 0.6) is 0 Å². The first kappa shape index (κ1) is 55.8. The van der Waals surface area contributed by atoms with E-state index < -0.39 is 7.81 Å². The standard InChI is InChI=1S/C59H68N3O4.F6P/c1-41(2)56(63)65-37-19-17-35-60-51-31-25-43(5)39-49(51)58(7,8)53(60)33-29-45-27-28-46(55(45)62(47-21-13-11-14-22-47)48-23-15-12-16-24-48)30-34-54-59(9,10)50-40-44(6)26-32-52(50)61(54)36-18-20-38-66-57(64)42(3)4;1-7(2,3,4,5)6/h11-16,21-26,29-34,39-40H,1,3,17-20,27-28,35-38H2,2,4-10H3;/q+1;-1. The average molecular weight is 1030 g/mol. The first-order valence-corrected chi connectivity index (χ1v) is 26.7. The van der Waals surface area contributed by atoms with Gasteiger partial charge in [-0.05, 0) is 102 Å². The molecule has 2 aliphatic heterocycles. The average Bonchev–Trinajstić information content (AvgIpc) is 3.87. The van der Waals surface area contributed by atoms with E-state index in [9.17, 15) is 34.8 Å². The topological polar surface area (TPSA) is 62.1 Å². The van der Waals surface area contributed by atoms with Crippen LogP contribution in [-0.4, -0.2) is 44.0 Å². The number of fused-ring (bicyclic) bond motifs is 2. The van der Waals surface area contributed by atoms with Crippen molar-refractivity contribution in [3.8, 4) is 0 Å². The number of anilines is 2. The van der Waals surface area contributed by atoms with E-state index in [4.69, 9.17) is 9.47 Å². The fourth-order valence-electron chi connectivity index (χ4n) is 9.63. The maximum atomic E-state index is 12.1. The number of allylic oxidation sites excluding steroid dienone is 8. The van der Waals surface area contributed by atoms with Gasteiger partial charge in [-0.25, -0.2) is 9.59 Å². The first-order valence-electron chi connectivity index (χ1n) is 24.6. The number of para-hydroxylation sites is 2. The van der Waals surface area contributed by atoms with Gasteiger partial charge in [0.05, 0.1) is 13.2 Å². The quantitative estimate of drug-likeness (QED) is 0.0278. The van der Waals surface area contributed by atoms with Crippen molar-refractivity contribution < 1.29 is 44.2 Å². The molecular weight excluding hydrogens is 960 g/mol. The van der Waals surface area contributed by atoms with Gasteiger partial charge in [0.1, 0.15) is 0 Å². The van der Waals surface area contributed by atoms with Crippen LogP contribution in [0.15, 0.2) is 168 Å². The van der Waals surface area contributed by atoms with E-state index in [1.165, 1.54) is 61.9 Å². The zero-order chi connectivity index (χ0) is 53.6. The predicted molar refractivity (Wildman–Crippen MR) is 288 cm³/mol. The molecule has 1 saturated carbocycles. The summed E-state index contributed by atoms with van der Waals surface area (Å²) in [4.78, 5) is 29.2. The maximum absolute atomic E-state index is 12.1. The van der Waals surface area contributed by atoms with Crippen LogP contribution in [-0.2, 0) is 29.9 Å². The molecule has 1 aliphatic carbocycles. The summed E-state index contributed by atoms with van der Waals surface area (Å²) in [6.45, 7) is 26.9. The van der Waals surface area contributed by atoms with Crippen molar-refractivity contribution in [1.29, 1.82) is 0 Å². The van der Waals surface area contributed by atoms with Crippen LogP contribution in [0.25, 0.3) is 0 Å². The van der Waals surface area contributed by atoms with Gasteiger partial charge in [0.25, 0.3) is 0 Å². The summed E-state index contributed by atoms with van der Waals surface area (Å²) in [5.41, 5.74) is 16.5. The van der Waals surface area contributed by atoms with E-state index in [1.54, 1.807) is 13.8 Å². The van der Waals surface area contributed by atoms with E-state index in [1.807, 2.05) is 0 Å². The summed E-state index contributed by atoms with van der Waals surface area (Å²) in [6.07, 6.45) is 14.5. The van der Waals surface area contributed by atoms with Crippen LogP contribution >= 0.6 is 7.81 Å². The van der Waals surface area contributed by atoms with Crippen LogP contribution < -0.4 is 14.4 Å². The van der Waals surface area contributed by atoms with Gasteiger partial charge < -0.3 is 19.3 Å². The van der Waals surface area contributed by atoms with Gasteiger partial charge in [0, 0.05) is 93.2 Å². The van der Waals surface area contributed by atoms with E-state index in [2.05, 4.69) is 190 Å². The van der Waals surface area contributed by atoms with Gasteiger partial charge in [-0.3, -0.25) is 0 Å². The molecule has 0 atom stereocenters. The summed E-state index contributed by atoms with van der Waals surface area (Å²) in [6, 6.07) is 35.1. The Labute approximate surface area is 426 Å². The molecule has 7 rings (SSSR count). The molecule has 7 nitrogen and oxygen atoms in total. The summed E-state index contributed by atoms with van der Waals surface area (Å²) in [5, 5.41) is 0. The Morgan fingerprint density at radius 2 is 0.945 bits per heavy atom. The minimum atomic E-state index is -10.7. The SMILES string of the molecule is C=C(C)C(=O)OCCCCN1C(=CC=C2CC/C(=C\C=C3\N(CCCCOC(=O)C(=C)C)c4ccc(C)cc4C3(C)C)C2=[N+](c2ccccc2)c2ccccc2)C(C)(C)c2cc(C)ccc21.F[P-](F)(F)(F)(F)F. The molecule has 0 unspecified atom stereocenters. The van der Waals surface area contributed by atoms with Crippen LogP contribution in [0.1, 0.15) is 102 Å². The Hall–Kier alpha value is -6.46. The van der Waals surface area contributed by atoms with Gasteiger partial charge in [-0.2, -0.15) is 4.58 Å². The minimum absolute atomic E-state index is 0.234. The number of unbranched alkanes of at least 4 members (excludes halogenated alkanes) is 2. The summed E-state index contributed by atoms with van der Waals surface area (Å²) < 4.78 is 72.6. The molecule has 4 aromatic carbocycles. The molecule has 0 saturated heterocycles. The molecular formula is C59H68F6N3O4P. The second kappa shape index (κ2) is 21.6. The molecule has 0 amide bonds. The molecule has 14 heteroatoms. The zero-order valence-electron chi connectivity index (χ0n) is 43.2. The van der Waals surface area contributed by atoms with E-state index in [0.717, 1.165) is 63.0 Å². The number of carbonyl (C=O) groups is 2. The Morgan fingerprint density at radius 1 is 0.589 bits per heavy atom. The van der Waals surface area contributed by atoms with Gasteiger partial charge in [-0.1, -0.05) is 125 Å². The fourth-order valence-corrected chi connectivity index (χ4v) is 9.63. The molecule has 390 valence electrons. The Kier molecular flexibility index (Phi) is 16.5. The van der Waals surface area contributed by atoms with E-state index in [-0.39, 0.29) is 22.8 Å². The zero-order valence-corrected chi connectivity index (χ0v) is 44.1. The van der Waals surface area contributed by atoms with Crippen molar-refractivity contribution in [3.63, 3.8) is 0 Å². The van der Waals surface area contributed by atoms with E-state index >= 15 is 0 Å². The second-order valence-corrected chi connectivity index (χ2v) is 22.1. The molecule has 3 aliphatic rings. The number of hydrogen-bond acceptors (Lipinski definition) is 6. The summed E-state index contributed by atoms with van der Waals surface area (Å²) in [7, 11) is -10.7. The number of carbonyl (C=O) groups excluding carboxylic acids is 2. The molecule has 0 spiro atoms. The third kappa shape index (κ3) is 14.6. The Morgan fingerprint density at radius 3 is 1.29 bits per heavy atom. The third-order valence-electron chi connectivity index (χ3n) is 13.2. The Bertz CT molecular complexity index is 2730. The number of rotatable bonds is 16. The number of aryl methyl sites for hydroxylation is 2. The molecule has 2 heterocycles. The molecule has 0 radical (unpaired) electrons. The molecule has 73 heavy (non-hydrogen) atoms. The van der Waals surface area contributed by atoms with Gasteiger partial charge in [-0.15, -0.1) is 0 Å². The summed E-state index contributed by atoms with van der Waals surface area (Å²) in [5.74, 6) is -0.669. The van der Waals surface area contributed by atoms with Crippen molar-refractivity contribution in [2.45, 2.75) is 105 Å². The van der Waals surface area contributed by atoms with Gasteiger partial charge in [0.2, 0.25) is 17.1 Å². The molecule has 4 aromatic rings. The second-order valence-electron chi connectivity index (χ2n) is 20.1. The van der Waals surface area contributed by atoms with Crippen molar-refractivity contribution in [2.75, 3.05) is 36.1 Å². The molecule has 0 N–H and O–H groups in total. The van der Waals surface area contributed by atoms with Gasteiger partial charge >= 0.3 is 44.9 Å². The van der Waals surface area contributed by atoms with Crippen LogP contribution in [0, 0.1) is 13.8 Å². The van der Waals surface area contributed by atoms with Crippen molar-refractivity contribution in [2.24, 2.45) is 0 Å². The number of esters is 2. The summed E-state index contributed by atoms with van der Waals surface area (Å²) >= 11 is 0. The van der Waals surface area contributed by atoms with E-state index in [0.29, 0.717) is 24.4 Å². The van der Waals surface area contributed by atoms with Crippen LogP contribution in [0.2, 0.25) is 0 Å². The van der Waals surface area contributed by atoms with Crippen molar-refractivity contribution in [1.82, 2.24) is 4.58 Å². The van der Waals surface area contributed by atoms with Gasteiger partial charge in [0.15, 0.2) is 0 Å². The number of hydrogen-bond donors (Lipinski definition) is 0. The number of ether oxygens (including phenoxy) is 2. The fraction of sp³-hybridized carbons (Fsp3) is 0.339.